The van der Waals surface area contributed by atoms with Gasteiger partial charge in [0, 0.05) is 11.6 Å². The molecule has 132 valence electrons. The van der Waals surface area contributed by atoms with Crippen molar-refractivity contribution >= 4 is 17.5 Å². The van der Waals surface area contributed by atoms with E-state index in [0.717, 1.165) is 25.0 Å². The number of hydrogen-bond acceptors (Lipinski definition) is 3. The minimum Gasteiger partial charge on any atom is -0.497 e. The van der Waals surface area contributed by atoms with Crippen LogP contribution in [-0.4, -0.2) is 24.7 Å². The number of fused-ring (bicyclic) bond motifs is 1. The monoisotopic (exact) mass is 359 g/mol. The Morgan fingerprint density at radius 3 is 2.92 bits per heavy atom. The summed E-state index contributed by atoms with van der Waals surface area (Å²) in [7, 11) is 1.67. The molecule has 4 nitrogen and oxygen atoms in total. The Labute approximate surface area is 152 Å². The predicted molar refractivity (Wildman–Crippen MR) is 97.9 cm³/mol. The summed E-state index contributed by atoms with van der Waals surface area (Å²) in [5.74, 6) is 0.870. The van der Waals surface area contributed by atoms with Crippen LogP contribution in [0, 0.1) is 5.92 Å². The van der Waals surface area contributed by atoms with Gasteiger partial charge in [0.25, 0.3) is 5.91 Å². The van der Waals surface area contributed by atoms with Crippen LogP contribution in [0.25, 0.3) is 0 Å². The highest BCUT2D eigenvalue weighted by Gasteiger charge is 2.22. The molecule has 2 atom stereocenters. The molecule has 0 aromatic heterocycles. The highest BCUT2D eigenvalue weighted by molar-refractivity contribution is 6.30. The Hall–Kier alpha value is -2.04. The zero-order valence-corrected chi connectivity index (χ0v) is 14.9. The summed E-state index contributed by atoms with van der Waals surface area (Å²) >= 11 is 5.91. The van der Waals surface area contributed by atoms with Crippen molar-refractivity contribution < 1.29 is 14.6 Å². The van der Waals surface area contributed by atoms with E-state index >= 15 is 0 Å². The molecule has 0 radical (unpaired) electrons. The van der Waals surface area contributed by atoms with Gasteiger partial charge >= 0.3 is 0 Å². The standard InChI is InChI=1S/C20H22ClNO3/c1-25-18-8-7-14-9-13(5-6-15(14)11-18)12-22-20(24)19(23)16-3-2-4-17(21)10-16/h2-4,7-8,10-11,13,19,23H,5-6,9,12H2,1H3,(H,22,24). The summed E-state index contributed by atoms with van der Waals surface area (Å²) in [5.41, 5.74) is 3.13. The minimum absolute atomic E-state index is 0.372. The van der Waals surface area contributed by atoms with Gasteiger partial charge in [0.05, 0.1) is 7.11 Å². The normalized spacial score (nSPS) is 17.5. The quantitative estimate of drug-likeness (QED) is 0.861. The molecular weight excluding hydrogens is 338 g/mol. The summed E-state index contributed by atoms with van der Waals surface area (Å²) in [6.07, 6.45) is 1.71. The maximum atomic E-state index is 12.2. The van der Waals surface area contributed by atoms with Crippen LogP contribution in [0.2, 0.25) is 5.02 Å². The van der Waals surface area contributed by atoms with Crippen LogP contribution in [0.15, 0.2) is 42.5 Å². The number of halogens is 1. The fourth-order valence-corrected chi connectivity index (χ4v) is 3.48. The minimum atomic E-state index is -1.20. The van der Waals surface area contributed by atoms with Crippen LogP contribution in [-0.2, 0) is 17.6 Å². The third kappa shape index (κ3) is 4.33. The molecular formula is C20H22ClNO3. The topological polar surface area (TPSA) is 58.6 Å². The molecule has 0 bridgehead atoms. The van der Waals surface area contributed by atoms with Gasteiger partial charge in [-0.3, -0.25) is 4.79 Å². The zero-order chi connectivity index (χ0) is 17.8. The lowest BCUT2D eigenvalue weighted by molar-refractivity contribution is -0.129. The number of aryl methyl sites for hydroxylation is 1. The van der Waals surface area contributed by atoms with Crippen LogP contribution in [0.3, 0.4) is 0 Å². The number of aliphatic hydroxyl groups is 1. The van der Waals surface area contributed by atoms with Crippen molar-refractivity contribution in [3.63, 3.8) is 0 Å². The Morgan fingerprint density at radius 2 is 2.16 bits per heavy atom. The van der Waals surface area contributed by atoms with Gasteiger partial charge in [0.1, 0.15) is 5.75 Å². The fraction of sp³-hybridized carbons (Fsp3) is 0.350. The lowest BCUT2D eigenvalue weighted by Crippen LogP contribution is -2.35. The number of rotatable bonds is 5. The van der Waals surface area contributed by atoms with Gasteiger partial charge in [-0.15, -0.1) is 0 Å². The van der Waals surface area contributed by atoms with Gasteiger partial charge in [-0.25, -0.2) is 0 Å². The first-order valence-electron chi connectivity index (χ1n) is 8.44. The Kier molecular flexibility index (Phi) is 5.61. The molecule has 0 heterocycles. The third-order valence-electron chi connectivity index (χ3n) is 4.72. The summed E-state index contributed by atoms with van der Waals surface area (Å²) in [6, 6.07) is 12.9. The van der Waals surface area contributed by atoms with E-state index in [2.05, 4.69) is 17.4 Å². The number of hydrogen-bond donors (Lipinski definition) is 2. The number of carbonyl (C=O) groups is 1. The number of amides is 1. The van der Waals surface area contributed by atoms with Crippen LogP contribution < -0.4 is 10.1 Å². The van der Waals surface area contributed by atoms with Gasteiger partial charge in [0.15, 0.2) is 6.10 Å². The van der Waals surface area contributed by atoms with E-state index in [0.29, 0.717) is 23.0 Å². The maximum Gasteiger partial charge on any atom is 0.253 e. The molecule has 0 saturated carbocycles. The molecule has 5 heteroatoms. The summed E-state index contributed by atoms with van der Waals surface area (Å²) in [5, 5.41) is 13.5. The number of nitrogens with one attached hydrogen (secondary N) is 1. The molecule has 1 aliphatic rings. The SMILES string of the molecule is COc1ccc2c(c1)CCC(CNC(=O)C(O)c1cccc(Cl)c1)C2. The van der Waals surface area contributed by atoms with Gasteiger partial charge in [-0.1, -0.05) is 29.8 Å². The third-order valence-corrected chi connectivity index (χ3v) is 4.96. The number of benzene rings is 2. The number of aliphatic hydroxyl groups excluding tert-OH is 1. The van der Waals surface area contributed by atoms with Crippen molar-refractivity contribution in [1.82, 2.24) is 5.32 Å². The molecule has 25 heavy (non-hydrogen) atoms. The van der Waals surface area contributed by atoms with E-state index in [4.69, 9.17) is 16.3 Å². The lowest BCUT2D eigenvalue weighted by Gasteiger charge is -2.25. The van der Waals surface area contributed by atoms with Crippen molar-refractivity contribution in [2.75, 3.05) is 13.7 Å². The average molecular weight is 360 g/mol. The van der Waals surface area contributed by atoms with Crippen molar-refractivity contribution in [3.05, 3.63) is 64.2 Å². The number of methoxy groups -OCH3 is 1. The van der Waals surface area contributed by atoms with Gasteiger partial charge in [0.2, 0.25) is 0 Å². The largest absolute Gasteiger partial charge is 0.497 e. The van der Waals surface area contributed by atoms with E-state index in [1.54, 1.807) is 31.4 Å². The van der Waals surface area contributed by atoms with Crippen LogP contribution in [0.1, 0.15) is 29.2 Å². The Morgan fingerprint density at radius 1 is 1.32 bits per heavy atom. The van der Waals surface area contributed by atoms with E-state index < -0.39 is 6.10 Å². The molecule has 3 rings (SSSR count). The van der Waals surface area contributed by atoms with E-state index in [-0.39, 0.29) is 5.91 Å². The van der Waals surface area contributed by atoms with Crippen molar-refractivity contribution in [2.45, 2.75) is 25.4 Å². The molecule has 0 aliphatic heterocycles. The average Bonchev–Trinajstić information content (AvgIpc) is 2.64. The molecule has 1 amide bonds. The van der Waals surface area contributed by atoms with Crippen molar-refractivity contribution in [1.29, 1.82) is 0 Å². The second-order valence-electron chi connectivity index (χ2n) is 6.45. The van der Waals surface area contributed by atoms with Crippen molar-refractivity contribution in [3.8, 4) is 5.75 Å². The van der Waals surface area contributed by atoms with Crippen molar-refractivity contribution in [2.24, 2.45) is 5.92 Å². The molecule has 0 saturated heterocycles. The van der Waals surface area contributed by atoms with Crippen LogP contribution in [0.4, 0.5) is 0 Å². The number of ether oxygens (including phenoxy) is 1. The summed E-state index contributed by atoms with van der Waals surface area (Å²) in [6.45, 7) is 0.557. The molecule has 1 aliphatic carbocycles. The second kappa shape index (κ2) is 7.89. The predicted octanol–water partition coefficient (Wildman–Crippen LogP) is 3.30. The van der Waals surface area contributed by atoms with Gasteiger partial charge < -0.3 is 15.2 Å². The molecule has 2 aromatic carbocycles. The molecule has 2 aromatic rings. The first-order valence-corrected chi connectivity index (χ1v) is 8.81. The van der Waals surface area contributed by atoms with Gasteiger partial charge in [-0.2, -0.15) is 0 Å². The summed E-state index contributed by atoms with van der Waals surface area (Å²) < 4.78 is 5.27. The fourth-order valence-electron chi connectivity index (χ4n) is 3.28. The highest BCUT2D eigenvalue weighted by Crippen LogP contribution is 2.28. The van der Waals surface area contributed by atoms with Crippen LogP contribution >= 0.6 is 11.6 Å². The molecule has 0 spiro atoms. The highest BCUT2D eigenvalue weighted by atomic mass is 35.5. The zero-order valence-electron chi connectivity index (χ0n) is 14.2. The Bertz CT molecular complexity index is 762. The molecule has 2 unspecified atom stereocenters. The van der Waals surface area contributed by atoms with E-state index in [1.807, 2.05) is 6.07 Å². The van der Waals surface area contributed by atoms with Crippen LogP contribution in [0.5, 0.6) is 5.75 Å². The van der Waals surface area contributed by atoms with E-state index in [9.17, 15) is 9.90 Å². The molecule has 2 N–H and O–H groups in total. The maximum absolute atomic E-state index is 12.2. The first-order chi connectivity index (χ1) is 12.1. The Balaban J connectivity index is 1.56. The van der Waals surface area contributed by atoms with Gasteiger partial charge in [-0.05, 0) is 66.1 Å². The summed E-state index contributed by atoms with van der Waals surface area (Å²) in [4.78, 5) is 12.2. The smallest absolute Gasteiger partial charge is 0.253 e. The lowest BCUT2D eigenvalue weighted by atomic mass is 9.83. The van der Waals surface area contributed by atoms with E-state index in [1.165, 1.54) is 11.1 Å². The first kappa shape index (κ1) is 17.8. The number of carbonyl (C=O) groups excluding carboxylic acids is 1. The second-order valence-corrected chi connectivity index (χ2v) is 6.88. The molecule has 0 fully saturated rings.